The van der Waals surface area contributed by atoms with Crippen molar-refractivity contribution in [2.24, 2.45) is 23.2 Å². The second-order valence-electron chi connectivity index (χ2n) is 6.85. The number of aliphatic hydroxyl groups excluding tert-OH is 1. The molecule has 0 aliphatic heterocycles. The number of aliphatic hydroxyl groups is 1. The van der Waals surface area contributed by atoms with Crippen LogP contribution in [0.2, 0.25) is 0 Å². The van der Waals surface area contributed by atoms with E-state index in [1.54, 1.807) is 5.57 Å². The zero-order valence-electron chi connectivity index (χ0n) is 11.4. The van der Waals surface area contributed by atoms with Crippen molar-refractivity contribution >= 4 is 0 Å². The van der Waals surface area contributed by atoms with Crippen LogP contribution in [0.1, 0.15) is 53.9 Å². The Morgan fingerprint density at radius 2 is 1.94 bits per heavy atom. The molecular weight excluding hydrogens is 196 g/mol. The second kappa shape index (κ2) is 3.87. The minimum atomic E-state index is -0.218. The van der Waals surface area contributed by atoms with Gasteiger partial charge in [0.1, 0.15) is 0 Å². The first-order valence-electron chi connectivity index (χ1n) is 6.75. The fraction of sp³-hybridized carbons (Fsp3) is 0.867. The Bertz CT molecular complexity index is 311. The first-order chi connectivity index (χ1) is 7.34. The molecule has 0 aromatic heterocycles. The van der Waals surface area contributed by atoms with E-state index in [2.05, 4.69) is 34.6 Å². The van der Waals surface area contributed by atoms with Crippen LogP contribution in [0.5, 0.6) is 0 Å². The van der Waals surface area contributed by atoms with Gasteiger partial charge in [0.15, 0.2) is 0 Å². The number of fused-ring (bicyclic) bond motifs is 1. The summed E-state index contributed by atoms with van der Waals surface area (Å²) in [4.78, 5) is 0. The normalized spacial score (nSPS) is 38.1. The monoisotopic (exact) mass is 222 g/mol. The summed E-state index contributed by atoms with van der Waals surface area (Å²) in [6, 6.07) is 0. The number of hydrogen-bond donors (Lipinski definition) is 1. The number of hydrogen-bond acceptors (Lipinski definition) is 1. The van der Waals surface area contributed by atoms with Gasteiger partial charge in [0, 0.05) is 0 Å². The SMILES string of the molecule is CC(C)C1=C2CC[C@@H](C)[C@@H]2CC(C)(C)[C@@H]1O. The van der Waals surface area contributed by atoms with Crippen LogP contribution >= 0.6 is 0 Å². The molecule has 0 radical (unpaired) electrons. The highest BCUT2D eigenvalue weighted by molar-refractivity contribution is 5.31. The highest BCUT2D eigenvalue weighted by Crippen LogP contribution is 2.52. The van der Waals surface area contributed by atoms with E-state index in [1.165, 1.54) is 24.8 Å². The summed E-state index contributed by atoms with van der Waals surface area (Å²) in [5.74, 6) is 2.06. The minimum Gasteiger partial charge on any atom is -0.388 e. The van der Waals surface area contributed by atoms with E-state index in [4.69, 9.17) is 0 Å². The third-order valence-corrected chi connectivity index (χ3v) is 4.78. The topological polar surface area (TPSA) is 20.2 Å². The summed E-state index contributed by atoms with van der Waals surface area (Å²) >= 11 is 0. The summed E-state index contributed by atoms with van der Waals surface area (Å²) < 4.78 is 0. The van der Waals surface area contributed by atoms with Crippen molar-refractivity contribution in [1.82, 2.24) is 0 Å². The largest absolute Gasteiger partial charge is 0.388 e. The molecule has 16 heavy (non-hydrogen) atoms. The van der Waals surface area contributed by atoms with Crippen molar-refractivity contribution in [3.05, 3.63) is 11.1 Å². The predicted molar refractivity (Wildman–Crippen MR) is 68.2 cm³/mol. The van der Waals surface area contributed by atoms with Crippen molar-refractivity contribution < 1.29 is 5.11 Å². The Hall–Kier alpha value is -0.300. The van der Waals surface area contributed by atoms with Gasteiger partial charge in [-0.2, -0.15) is 0 Å². The van der Waals surface area contributed by atoms with E-state index in [1.807, 2.05) is 0 Å². The van der Waals surface area contributed by atoms with Crippen LogP contribution in [0, 0.1) is 23.2 Å². The highest BCUT2D eigenvalue weighted by atomic mass is 16.3. The molecule has 0 spiro atoms. The molecule has 0 heterocycles. The number of allylic oxidation sites excluding steroid dienone is 1. The van der Waals surface area contributed by atoms with Crippen LogP contribution in [0.15, 0.2) is 11.1 Å². The molecule has 2 aliphatic carbocycles. The van der Waals surface area contributed by atoms with Gasteiger partial charge in [-0.25, -0.2) is 0 Å². The van der Waals surface area contributed by atoms with Gasteiger partial charge in [-0.3, -0.25) is 0 Å². The second-order valence-corrected chi connectivity index (χ2v) is 6.85. The average Bonchev–Trinajstić information content (AvgIpc) is 2.48. The lowest BCUT2D eigenvalue weighted by Gasteiger charge is -2.43. The fourth-order valence-electron chi connectivity index (χ4n) is 3.76. The molecule has 1 N–H and O–H groups in total. The smallest absolute Gasteiger partial charge is 0.0806 e. The maximum Gasteiger partial charge on any atom is 0.0806 e. The molecule has 0 bridgehead atoms. The van der Waals surface area contributed by atoms with Crippen molar-refractivity contribution in [3.63, 3.8) is 0 Å². The molecule has 1 fully saturated rings. The summed E-state index contributed by atoms with van der Waals surface area (Å²) in [6.45, 7) is 11.3. The van der Waals surface area contributed by atoms with Gasteiger partial charge >= 0.3 is 0 Å². The van der Waals surface area contributed by atoms with E-state index in [0.29, 0.717) is 5.92 Å². The zero-order chi connectivity index (χ0) is 12.1. The number of rotatable bonds is 1. The molecule has 0 saturated heterocycles. The van der Waals surface area contributed by atoms with Crippen molar-refractivity contribution in [3.8, 4) is 0 Å². The van der Waals surface area contributed by atoms with E-state index in [9.17, 15) is 5.11 Å². The molecule has 1 heteroatoms. The first-order valence-corrected chi connectivity index (χ1v) is 6.75. The van der Waals surface area contributed by atoms with Gasteiger partial charge in [0.05, 0.1) is 6.10 Å². The van der Waals surface area contributed by atoms with Crippen LogP contribution in [-0.4, -0.2) is 11.2 Å². The first kappa shape index (κ1) is 12.2. The molecule has 0 unspecified atom stereocenters. The van der Waals surface area contributed by atoms with E-state index in [-0.39, 0.29) is 11.5 Å². The molecular formula is C15H26O. The quantitative estimate of drug-likeness (QED) is 0.669. The van der Waals surface area contributed by atoms with E-state index >= 15 is 0 Å². The van der Waals surface area contributed by atoms with Gasteiger partial charge in [-0.05, 0) is 48.0 Å². The minimum absolute atomic E-state index is 0.0619. The summed E-state index contributed by atoms with van der Waals surface area (Å²) in [5.41, 5.74) is 3.03. The van der Waals surface area contributed by atoms with Gasteiger partial charge in [-0.1, -0.05) is 40.2 Å². The molecule has 1 saturated carbocycles. The van der Waals surface area contributed by atoms with Crippen molar-refractivity contribution in [2.45, 2.75) is 60.0 Å². The predicted octanol–water partition coefficient (Wildman–Crippen LogP) is 3.78. The molecule has 3 atom stereocenters. The lowest BCUT2D eigenvalue weighted by atomic mass is 9.64. The van der Waals surface area contributed by atoms with E-state index < -0.39 is 0 Å². The highest BCUT2D eigenvalue weighted by Gasteiger charge is 2.45. The maximum atomic E-state index is 10.5. The molecule has 0 amide bonds. The summed E-state index contributed by atoms with van der Waals surface area (Å²) in [6.07, 6.45) is 3.50. The Balaban J connectivity index is 2.45. The molecule has 0 aromatic rings. The molecule has 2 rings (SSSR count). The third-order valence-electron chi connectivity index (χ3n) is 4.78. The lowest BCUT2D eigenvalue weighted by molar-refractivity contribution is 0.0396. The summed E-state index contributed by atoms with van der Waals surface area (Å²) in [5, 5.41) is 10.5. The standard InChI is InChI=1S/C15H26O/c1-9(2)13-11-7-6-10(3)12(11)8-15(4,5)14(13)16/h9-10,12,14,16H,6-8H2,1-5H3/t10-,12+,14-/m1/s1. The van der Waals surface area contributed by atoms with Gasteiger partial charge in [-0.15, -0.1) is 0 Å². The lowest BCUT2D eigenvalue weighted by Crippen LogP contribution is -2.40. The molecule has 92 valence electrons. The van der Waals surface area contributed by atoms with Crippen LogP contribution in [-0.2, 0) is 0 Å². The fourth-order valence-corrected chi connectivity index (χ4v) is 3.76. The van der Waals surface area contributed by atoms with E-state index in [0.717, 1.165) is 11.8 Å². The Kier molecular flexibility index (Phi) is 2.94. The Morgan fingerprint density at radius 1 is 1.31 bits per heavy atom. The average molecular weight is 222 g/mol. The van der Waals surface area contributed by atoms with Crippen LogP contribution in [0.4, 0.5) is 0 Å². The van der Waals surface area contributed by atoms with Crippen LogP contribution in [0.25, 0.3) is 0 Å². The van der Waals surface area contributed by atoms with Crippen LogP contribution in [0.3, 0.4) is 0 Å². The Labute approximate surface area is 99.9 Å². The van der Waals surface area contributed by atoms with Gasteiger partial charge in [0.25, 0.3) is 0 Å². The van der Waals surface area contributed by atoms with Crippen molar-refractivity contribution in [1.29, 1.82) is 0 Å². The summed E-state index contributed by atoms with van der Waals surface area (Å²) in [7, 11) is 0. The molecule has 2 aliphatic rings. The third kappa shape index (κ3) is 1.73. The van der Waals surface area contributed by atoms with Gasteiger partial charge < -0.3 is 5.11 Å². The van der Waals surface area contributed by atoms with Crippen molar-refractivity contribution in [2.75, 3.05) is 0 Å². The Morgan fingerprint density at radius 3 is 2.50 bits per heavy atom. The zero-order valence-corrected chi connectivity index (χ0v) is 11.4. The molecule has 0 aromatic carbocycles. The van der Waals surface area contributed by atoms with Gasteiger partial charge in [0.2, 0.25) is 0 Å². The maximum absolute atomic E-state index is 10.5. The van der Waals surface area contributed by atoms with Crippen LogP contribution < -0.4 is 0 Å². The molecule has 1 nitrogen and oxygen atoms in total.